The topological polar surface area (TPSA) is 34.1 Å². The van der Waals surface area contributed by atoms with Crippen molar-refractivity contribution in [1.82, 2.24) is 0 Å². The number of carbonyl (C=O) groups is 1. The fourth-order valence-electron chi connectivity index (χ4n) is 0.816. The number of carbonyl (C=O) groups excluding carboxylic acids is 2. The summed E-state index contributed by atoms with van der Waals surface area (Å²) in [5.74, 6) is 0. The maximum absolute atomic E-state index is 10.3. The van der Waals surface area contributed by atoms with Gasteiger partial charge in [-0.3, -0.25) is 9.59 Å². The van der Waals surface area contributed by atoms with Crippen LogP contribution < -0.4 is 0 Å². The third-order valence-corrected chi connectivity index (χ3v) is 1.42. The first-order valence-electron chi connectivity index (χ1n) is 3.46. The van der Waals surface area contributed by atoms with Gasteiger partial charge >= 0.3 is 0 Å². The molecule has 1 radical (unpaired) electrons. The maximum atomic E-state index is 10.3. The van der Waals surface area contributed by atoms with E-state index in [4.69, 9.17) is 0 Å². The monoisotopic (exact) mass is 159 g/mol. The molecular weight excluding hydrogens is 152 g/mol. The molecule has 0 amide bonds. The van der Waals surface area contributed by atoms with Gasteiger partial charge in [0.15, 0.2) is 0 Å². The number of aldehydes is 1. The average molecular weight is 159 g/mol. The van der Waals surface area contributed by atoms with Gasteiger partial charge in [0.1, 0.15) is 6.29 Å². The van der Waals surface area contributed by atoms with Crippen molar-refractivity contribution in [3.8, 4) is 0 Å². The zero-order chi connectivity index (χ0) is 8.81. The van der Waals surface area contributed by atoms with E-state index in [1.165, 1.54) is 6.08 Å². The molecule has 0 bridgehead atoms. The zero-order valence-electron chi connectivity index (χ0n) is 6.36. The lowest BCUT2D eigenvalue weighted by molar-refractivity contribution is 0.112. The van der Waals surface area contributed by atoms with Crippen LogP contribution in [0, 0.1) is 0 Å². The van der Waals surface area contributed by atoms with E-state index in [2.05, 4.69) is 0 Å². The molecule has 0 spiro atoms. The number of rotatable bonds is 3. The number of hydrogen-bond acceptors (Lipinski definition) is 2. The van der Waals surface area contributed by atoms with E-state index in [0.717, 1.165) is 11.8 Å². The summed E-state index contributed by atoms with van der Waals surface area (Å²) in [7, 11) is 0. The Balaban J connectivity index is 2.84. The minimum atomic E-state index is 0.627. The first-order chi connectivity index (χ1) is 5.86. The van der Waals surface area contributed by atoms with Crippen molar-refractivity contribution in [2.24, 2.45) is 0 Å². The van der Waals surface area contributed by atoms with E-state index < -0.39 is 0 Å². The van der Waals surface area contributed by atoms with Crippen LogP contribution in [0.25, 0.3) is 6.08 Å². The van der Waals surface area contributed by atoms with Crippen molar-refractivity contribution in [3.05, 3.63) is 41.5 Å². The van der Waals surface area contributed by atoms with Gasteiger partial charge in [0, 0.05) is 5.56 Å². The highest BCUT2D eigenvalue weighted by atomic mass is 16.1. The fourth-order valence-corrected chi connectivity index (χ4v) is 0.816. The highest BCUT2D eigenvalue weighted by Gasteiger charge is 1.88. The Kier molecular flexibility index (Phi) is 2.96. The van der Waals surface area contributed by atoms with E-state index >= 15 is 0 Å². The standard InChI is InChI=1S/C10H7O2/c11-7-1-2-9-3-5-10(8-12)6-4-9/h1-6,8H/b2-1+. The van der Waals surface area contributed by atoms with Crippen LogP contribution in [0.5, 0.6) is 0 Å². The van der Waals surface area contributed by atoms with Crippen molar-refractivity contribution in [3.63, 3.8) is 0 Å². The predicted octanol–water partition coefficient (Wildman–Crippen LogP) is 1.62. The first kappa shape index (κ1) is 8.40. The molecule has 0 aromatic heterocycles. The Morgan fingerprint density at radius 2 is 1.67 bits per heavy atom. The molecule has 0 atom stereocenters. The van der Waals surface area contributed by atoms with Crippen molar-refractivity contribution in [2.45, 2.75) is 0 Å². The van der Waals surface area contributed by atoms with Crippen LogP contribution in [0.1, 0.15) is 15.9 Å². The summed E-state index contributed by atoms with van der Waals surface area (Å²) in [6, 6.07) is 6.91. The molecule has 12 heavy (non-hydrogen) atoms. The predicted molar refractivity (Wildman–Crippen MR) is 46.6 cm³/mol. The molecule has 0 N–H and O–H groups in total. The Hall–Kier alpha value is -1.70. The van der Waals surface area contributed by atoms with Gasteiger partial charge in [-0.15, -0.1) is 0 Å². The summed E-state index contributed by atoms with van der Waals surface area (Å²) in [6.45, 7) is 0. The largest absolute Gasteiger partial charge is 0.298 e. The quantitative estimate of drug-likeness (QED) is 0.496. The molecule has 0 saturated carbocycles. The van der Waals surface area contributed by atoms with Crippen LogP contribution in [0.4, 0.5) is 0 Å². The first-order valence-corrected chi connectivity index (χ1v) is 3.46. The van der Waals surface area contributed by atoms with Gasteiger partial charge in [-0.2, -0.15) is 0 Å². The van der Waals surface area contributed by atoms with Gasteiger partial charge in [-0.1, -0.05) is 30.3 Å². The second kappa shape index (κ2) is 4.23. The minimum absolute atomic E-state index is 0.627. The fraction of sp³-hybridized carbons (Fsp3) is 0. The normalized spacial score (nSPS) is 10.0. The van der Waals surface area contributed by atoms with Crippen LogP contribution >= 0.6 is 0 Å². The molecule has 0 aliphatic rings. The van der Waals surface area contributed by atoms with Gasteiger partial charge in [-0.05, 0) is 11.6 Å². The molecule has 2 nitrogen and oxygen atoms in total. The molecule has 0 aliphatic carbocycles. The van der Waals surface area contributed by atoms with Crippen LogP contribution in [0.2, 0.25) is 0 Å². The lowest BCUT2D eigenvalue weighted by Crippen LogP contribution is -1.78. The van der Waals surface area contributed by atoms with Crippen molar-refractivity contribution in [2.75, 3.05) is 0 Å². The lowest BCUT2D eigenvalue weighted by atomic mass is 10.1. The van der Waals surface area contributed by atoms with Crippen LogP contribution in [-0.2, 0) is 4.79 Å². The van der Waals surface area contributed by atoms with E-state index in [1.54, 1.807) is 36.6 Å². The zero-order valence-corrected chi connectivity index (χ0v) is 6.36. The molecule has 59 valence electrons. The summed E-state index contributed by atoms with van der Waals surface area (Å²) >= 11 is 0. The molecule has 1 aromatic carbocycles. The molecule has 2 heteroatoms. The highest BCUT2D eigenvalue weighted by molar-refractivity contribution is 5.77. The van der Waals surface area contributed by atoms with Gasteiger partial charge in [0.2, 0.25) is 6.29 Å². The second-order valence-corrected chi connectivity index (χ2v) is 2.24. The second-order valence-electron chi connectivity index (χ2n) is 2.24. The van der Waals surface area contributed by atoms with Crippen LogP contribution in [-0.4, -0.2) is 12.6 Å². The Bertz CT molecular complexity index is 296. The van der Waals surface area contributed by atoms with Crippen molar-refractivity contribution in [1.29, 1.82) is 0 Å². The smallest absolute Gasteiger partial charge is 0.225 e. The number of allylic oxidation sites excluding steroid dienone is 1. The summed E-state index contributed by atoms with van der Waals surface area (Å²) in [5.41, 5.74) is 1.51. The Morgan fingerprint density at radius 3 is 2.17 bits per heavy atom. The highest BCUT2D eigenvalue weighted by Crippen LogP contribution is 2.03. The van der Waals surface area contributed by atoms with Gasteiger partial charge in [0.25, 0.3) is 0 Å². The van der Waals surface area contributed by atoms with Gasteiger partial charge in [-0.25, -0.2) is 0 Å². The molecule has 0 aliphatic heterocycles. The Morgan fingerprint density at radius 1 is 1.08 bits per heavy atom. The average Bonchev–Trinajstić information content (AvgIpc) is 2.15. The van der Waals surface area contributed by atoms with E-state index in [0.29, 0.717) is 5.56 Å². The summed E-state index contributed by atoms with van der Waals surface area (Å²) < 4.78 is 0. The van der Waals surface area contributed by atoms with Crippen LogP contribution in [0.3, 0.4) is 0 Å². The molecule has 0 saturated heterocycles. The third-order valence-electron chi connectivity index (χ3n) is 1.42. The molecule has 1 rings (SSSR count). The van der Waals surface area contributed by atoms with Crippen molar-refractivity contribution >= 4 is 18.6 Å². The number of hydrogen-bond donors (Lipinski definition) is 0. The lowest BCUT2D eigenvalue weighted by Gasteiger charge is -1.91. The van der Waals surface area contributed by atoms with Gasteiger partial charge < -0.3 is 0 Å². The van der Waals surface area contributed by atoms with Crippen molar-refractivity contribution < 1.29 is 9.59 Å². The van der Waals surface area contributed by atoms with Gasteiger partial charge in [0.05, 0.1) is 0 Å². The summed E-state index contributed by atoms with van der Waals surface area (Å²) in [6.07, 6.45) is 5.34. The summed E-state index contributed by atoms with van der Waals surface area (Å²) in [5, 5.41) is 0. The molecule has 1 aromatic rings. The van der Waals surface area contributed by atoms with E-state index in [9.17, 15) is 9.59 Å². The third kappa shape index (κ3) is 2.16. The molecule has 0 heterocycles. The summed E-state index contributed by atoms with van der Waals surface area (Å²) in [4.78, 5) is 20.1. The molecular formula is C10H7O2. The molecule has 0 fully saturated rings. The maximum Gasteiger partial charge on any atom is 0.225 e. The van der Waals surface area contributed by atoms with Crippen LogP contribution in [0.15, 0.2) is 30.3 Å². The minimum Gasteiger partial charge on any atom is -0.298 e. The number of benzene rings is 1. The Labute approximate surface area is 70.5 Å². The molecule has 0 unspecified atom stereocenters. The SMILES string of the molecule is O=[C]/C=C/c1ccc(C=O)cc1. The van der Waals surface area contributed by atoms with E-state index in [-0.39, 0.29) is 0 Å². The van der Waals surface area contributed by atoms with E-state index in [1.807, 2.05) is 0 Å².